The van der Waals surface area contributed by atoms with Gasteiger partial charge >= 0.3 is 0 Å². The molecule has 1 aromatic carbocycles. The quantitative estimate of drug-likeness (QED) is 0.866. The molecular weight excluding hydrogens is 231 g/mol. The third-order valence-corrected chi connectivity index (χ3v) is 3.66. The van der Waals surface area contributed by atoms with E-state index in [0.29, 0.717) is 18.2 Å². The predicted molar refractivity (Wildman–Crippen MR) is 69.5 cm³/mol. The van der Waals surface area contributed by atoms with Crippen molar-refractivity contribution >= 4 is 11.6 Å². The number of hydrogen-bond donors (Lipinski definition) is 2. The number of benzene rings is 1. The standard InChI is InChI=1S/C14H19FN2O/c15-12-5-7-13(8-6-12)17-14(18)11-3-1-10(9-16)2-4-11/h5-8,10-11H,1-4,9,16H2,(H,17,18)/t10-,11-. The lowest BCUT2D eigenvalue weighted by molar-refractivity contribution is -0.121. The second kappa shape index (κ2) is 5.96. The van der Waals surface area contributed by atoms with Gasteiger partial charge in [0.1, 0.15) is 5.82 Å². The van der Waals surface area contributed by atoms with E-state index in [1.807, 2.05) is 0 Å². The molecule has 98 valence electrons. The molecule has 2 rings (SSSR count). The number of nitrogens with one attached hydrogen (secondary N) is 1. The molecule has 0 unspecified atom stereocenters. The minimum absolute atomic E-state index is 0.0390. The molecule has 0 bridgehead atoms. The number of amides is 1. The highest BCUT2D eigenvalue weighted by atomic mass is 19.1. The van der Waals surface area contributed by atoms with E-state index in [1.165, 1.54) is 12.1 Å². The molecule has 1 aromatic rings. The van der Waals surface area contributed by atoms with Crippen LogP contribution in [-0.2, 0) is 4.79 Å². The smallest absolute Gasteiger partial charge is 0.227 e. The fourth-order valence-electron chi connectivity index (χ4n) is 2.44. The summed E-state index contributed by atoms with van der Waals surface area (Å²) in [6.45, 7) is 0.715. The average molecular weight is 250 g/mol. The Balaban J connectivity index is 1.87. The Morgan fingerprint density at radius 3 is 2.39 bits per heavy atom. The molecule has 0 aromatic heterocycles. The van der Waals surface area contributed by atoms with Crippen molar-refractivity contribution in [3.63, 3.8) is 0 Å². The normalized spacial score (nSPS) is 23.7. The topological polar surface area (TPSA) is 55.1 Å². The van der Waals surface area contributed by atoms with Gasteiger partial charge in [0, 0.05) is 11.6 Å². The minimum atomic E-state index is -0.295. The zero-order valence-corrected chi connectivity index (χ0v) is 10.4. The molecule has 1 fully saturated rings. The van der Waals surface area contributed by atoms with Gasteiger partial charge in [-0.2, -0.15) is 0 Å². The van der Waals surface area contributed by atoms with Gasteiger partial charge in [-0.1, -0.05) is 0 Å². The Hall–Kier alpha value is -1.42. The van der Waals surface area contributed by atoms with E-state index >= 15 is 0 Å². The van der Waals surface area contributed by atoms with Gasteiger partial charge in [0.25, 0.3) is 0 Å². The van der Waals surface area contributed by atoms with Crippen molar-refractivity contribution in [2.75, 3.05) is 11.9 Å². The van der Waals surface area contributed by atoms with Gasteiger partial charge in [0.2, 0.25) is 5.91 Å². The summed E-state index contributed by atoms with van der Waals surface area (Å²) >= 11 is 0. The summed E-state index contributed by atoms with van der Waals surface area (Å²) in [5.41, 5.74) is 6.28. The number of carbonyl (C=O) groups is 1. The average Bonchev–Trinajstić information content (AvgIpc) is 2.41. The molecule has 0 spiro atoms. The summed E-state index contributed by atoms with van der Waals surface area (Å²) in [7, 11) is 0. The van der Waals surface area contributed by atoms with Crippen molar-refractivity contribution in [3.05, 3.63) is 30.1 Å². The Morgan fingerprint density at radius 2 is 1.83 bits per heavy atom. The summed E-state index contributed by atoms with van der Waals surface area (Å²) in [6.07, 6.45) is 3.85. The molecule has 1 aliphatic rings. The fraction of sp³-hybridized carbons (Fsp3) is 0.500. The molecule has 1 aliphatic carbocycles. The first-order valence-electron chi connectivity index (χ1n) is 6.45. The maximum Gasteiger partial charge on any atom is 0.227 e. The summed E-state index contributed by atoms with van der Waals surface area (Å²) in [5, 5.41) is 2.83. The Labute approximate surface area is 107 Å². The Morgan fingerprint density at radius 1 is 1.22 bits per heavy atom. The van der Waals surface area contributed by atoms with E-state index in [2.05, 4.69) is 5.32 Å². The highest BCUT2D eigenvalue weighted by Crippen LogP contribution is 2.28. The lowest BCUT2D eigenvalue weighted by atomic mass is 9.81. The monoisotopic (exact) mass is 250 g/mol. The van der Waals surface area contributed by atoms with Crippen LogP contribution in [0.15, 0.2) is 24.3 Å². The molecule has 0 atom stereocenters. The van der Waals surface area contributed by atoms with Crippen molar-refractivity contribution in [2.45, 2.75) is 25.7 Å². The van der Waals surface area contributed by atoms with Gasteiger partial charge in [-0.05, 0) is 62.4 Å². The number of rotatable bonds is 3. The van der Waals surface area contributed by atoms with Crippen molar-refractivity contribution < 1.29 is 9.18 Å². The summed E-state index contributed by atoms with van der Waals surface area (Å²) in [5.74, 6) is 0.381. The van der Waals surface area contributed by atoms with Gasteiger partial charge in [0.05, 0.1) is 0 Å². The molecule has 3 nitrogen and oxygen atoms in total. The van der Waals surface area contributed by atoms with Crippen molar-refractivity contribution in [1.29, 1.82) is 0 Å². The third kappa shape index (κ3) is 3.29. The van der Waals surface area contributed by atoms with Gasteiger partial charge in [-0.15, -0.1) is 0 Å². The van der Waals surface area contributed by atoms with E-state index in [9.17, 15) is 9.18 Å². The molecule has 0 radical (unpaired) electrons. The number of anilines is 1. The van der Waals surface area contributed by atoms with Crippen LogP contribution in [0.25, 0.3) is 0 Å². The van der Waals surface area contributed by atoms with E-state index in [4.69, 9.17) is 5.73 Å². The highest BCUT2D eigenvalue weighted by Gasteiger charge is 2.25. The van der Waals surface area contributed by atoms with Gasteiger partial charge in [-0.25, -0.2) is 4.39 Å². The van der Waals surface area contributed by atoms with Crippen LogP contribution in [0.1, 0.15) is 25.7 Å². The summed E-state index contributed by atoms with van der Waals surface area (Å²) in [4.78, 5) is 12.0. The van der Waals surface area contributed by atoms with Crippen molar-refractivity contribution in [3.8, 4) is 0 Å². The van der Waals surface area contributed by atoms with Crippen molar-refractivity contribution in [1.82, 2.24) is 0 Å². The number of nitrogens with two attached hydrogens (primary N) is 1. The Kier molecular flexibility index (Phi) is 4.31. The zero-order valence-electron chi connectivity index (χ0n) is 10.4. The van der Waals surface area contributed by atoms with Crippen LogP contribution in [0.5, 0.6) is 0 Å². The molecule has 0 aliphatic heterocycles. The van der Waals surface area contributed by atoms with Crippen LogP contribution in [0.3, 0.4) is 0 Å². The van der Waals surface area contributed by atoms with Gasteiger partial charge in [0.15, 0.2) is 0 Å². The second-order valence-electron chi connectivity index (χ2n) is 4.95. The third-order valence-electron chi connectivity index (χ3n) is 3.66. The summed E-state index contributed by atoms with van der Waals surface area (Å²) in [6, 6.07) is 5.86. The maximum atomic E-state index is 12.7. The van der Waals surface area contributed by atoms with E-state index in [0.717, 1.165) is 25.7 Å². The number of carbonyl (C=O) groups excluding carboxylic acids is 1. The lowest BCUT2D eigenvalue weighted by Gasteiger charge is -2.26. The van der Waals surface area contributed by atoms with Crippen LogP contribution in [-0.4, -0.2) is 12.5 Å². The highest BCUT2D eigenvalue weighted by molar-refractivity contribution is 5.92. The minimum Gasteiger partial charge on any atom is -0.330 e. The molecule has 1 amide bonds. The zero-order chi connectivity index (χ0) is 13.0. The summed E-state index contributed by atoms with van der Waals surface area (Å²) < 4.78 is 12.7. The van der Waals surface area contributed by atoms with Crippen LogP contribution >= 0.6 is 0 Å². The fourth-order valence-corrected chi connectivity index (χ4v) is 2.44. The van der Waals surface area contributed by atoms with Crippen LogP contribution in [0.2, 0.25) is 0 Å². The Bertz CT molecular complexity index is 397. The SMILES string of the molecule is NC[C@H]1CC[C@H](C(=O)Nc2ccc(F)cc2)CC1. The number of hydrogen-bond acceptors (Lipinski definition) is 2. The molecule has 0 saturated heterocycles. The molecule has 18 heavy (non-hydrogen) atoms. The lowest BCUT2D eigenvalue weighted by Crippen LogP contribution is -2.29. The van der Waals surface area contributed by atoms with Crippen molar-refractivity contribution in [2.24, 2.45) is 17.6 Å². The largest absolute Gasteiger partial charge is 0.330 e. The maximum absolute atomic E-state index is 12.7. The molecular formula is C14H19FN2O. The first kappa shape index (κ1) is 13.0. The molecule has 0 heterocycles. The second-order valence-corrected chi connectivity index (χ2v) is 4.95. The van der Waals surface area contributed by atoms with Gasteiger partial charge < -0.3 is 11.1 Å². The van der Waals surface area contributed by atoms with Gasteiger partial charge in [-0.3, -0.25) is 4.79 Å². The van der Waals surface area contributed by atoms with E-state index in [-0.39, 0.29) is 17.6 Å². The van der Waals surface area contributed by atoms with Crippen LogP contribution in [0.4, 0.5) is 10.1 Å². The first-order chi connectivity index (χ1) is 8.69. The number of halogens is 1. The predicted octanol–water partition coefficient (Wildman–Crippen LogP) is 2.53. The van der Waals surface area contributed by atoms with Crippen LogP contribution in [0, 0.1) is 17.7 Å². The molecule has 1 saturated carbocycles. The molecule has 3 N–H and O–H groups in total. The van der Waals surface area contributed by atoms with E-state index < -0.39 is 0 Å². The van der Waals surface area contributed by atoms with E-state index in [1.54, 1.807) is 12.1 Å². The first-order valence-corrected chi connectivity index (χ1v) is 6.45. The molecule has 4 heteroatoms. The van der Waals surface area contributed by atoms with Crippen LogP contribution < -0.4 is 11.1 Å².